The molecule has 0 aromatic rings. The van der Waals surface area contributed by atoms with Gasteiger partial charge in [-0.15, -0.1) is 0 Å². The standard InChI is InChI=1S/C3H4NO.ClH/c1-2-5-3-4-1;/h1-2H2;1H/q+1;/p-1. The summed E-state index contributed by atoms with van der Waals surface area (Å²) in [5.41, 5.74) is 0. The number of halogens is 1. The van der Waals surface area contributed by atoms with E-state index in [1.165, 1.54) is 0 Å². The van der Waals surface area contributed by atoms with Gasteiger partial charge in [-0.3, -0.25) is 0 Å². The Balaban J connectivity index is 0.000000250. The number of hydrogen-bond acceptors (Lipinski definition) is 2. The highest BCUT2D eigenvalue weighted by molar-refractivity contribution is 5.47. The Bertz CT molecular complexity index is 48.8. The van der Waals surface area contributed by atoms with E-state index < -0.39 is 0 Å². The van der Waals surface area contributed by atoms with E-state index in [1.807, 2.05) is 0 Å². The molecule has 1 aliphatic rings. The van der Waals surface area contributed by atoms with E-state index in [0.29, 0.717) is 0 Å². The largest absolute Gasteiger partial charge is 1.00 e. The fraction of sp³-hybridized carbons (Fsp3) is 0.667. The van der Waals surface area contributed by atoms with Crippen LogP contribution in [0.5, 0.6) is 0 Å². The summed E-state index contributed by atoms with van der Waals surface area (Å²) in [7, 11) is 0. The molecular formula is C3H4ClNO. The van der Waals surface area contributed by atoms with Gasteiger partial charge in [-0.2, -0.15) is 0 Å². The minimum Gasteiger partial charge on any atom is -1.00 e. The van der Waals surface area contributed by atoms with Gasteiger partial charge in [0.15, 0.2) is 6.61 Å². The summed E-state index contributed by atoms with van der Waals surface area (Å²) >= 11 is 0. The van der Waals surface area contributed by atoms with Crippen molar-refractivity contribution < 1.29 is 17.1 Å². The Labute approximate surface area is 42.6 Å². The molecule has 0 amide bonds. The second-order valence-corrected chi connectivity index (χ2v) is 0.821. The van der Waals surface area contributed by atoms with E-state index in [0.717, 1.165) is 13.2 Å². The van der Waals surface area contributed by atoms with Crippen molar-refractivity contribution in [1.82, 2.24) is 0 Å². The van der Waals surface area contributed by atoms with Gasteiger partial charge in [0.1, 0.15) is 6.54 Å². The fourth-order valence-electron chi connectivity index (χ4n) is 0.228. The summed E-state index contributed by atoms with van der Waals surface area (Å²) in [5, 5.41) is 0. The van der Waals surface area contributed by atoms with E-state index in [-0.39, 0.29) is 12.4 Å². The molecule has 0 aromatic carbocycles. The Kier molecular flexibility index (Phi) is 2.73. The molecule has 6 heavy (non-hydrogen) atoms. The zero-order valence-corrected chi connectivity index (χ0v) is 3.90. The highest BCUT2D eigenvalue weighted by atomic mass is 35.5. The molecule has 0 spiro atoms. The molecule has 0 N–H and O–H groups in total. The monoisotopic (exact) mass is 105 g/mol. The average Bonchev–Trinajstić information content (AvgIpc) is 1.76. The highest BCUT2D eigenvalue weighted by Crippen LogP contribution is 1.78. The van der Waals surface area contributed by atoms with Crippen molar-refractivity contribution in [3.63, 3.8) is 0 Å². The van der Waals surface area contributed by atoms with Crippen LogP contribution in [0.3, 0.4) is 0 Å². The Hall–Kier alpha value is -0.330. The van der Waals surface area contributed by atoms with Gasteiger partial charge in [0, 0.05) is 4.99 Å². The molecule has 1 heterocycles. The molecule has 0 saturated carbocycles. The second-order valence-electron chi connectivity index (χ2n) is 0.821. The van der Waals surface area contributed by atoms with Gasteiger partial charge in [-0.1, -0.05) is 0 Å². The van der Waals surface area contributed by atoms with Crippen LogP contribution in [0.15, 0.2) is 4.99 Å². The predicted molar refractivity (Wildman–Crippen MR) is 18.3 cm³/mol. The quantitative estimate of drug-likeness (QED) is 0.300. The first kappa shape index (κ1) is 5.67. The molecule has 0 saturated heterocycles. The molecule has 1 aliphatic heterocycles. The first-order valence-corrected chi connectivity index (χ1v) is 1.53. The maximum atomic E-state index is 4.53. The zero-order chi connectivity index (χ0) is 3.54. The number of ether oxygens (including phenoxy) is 1. The van der Waals surface area contributed by atoms with Crippen LogP contribution in [0.2, 0.25) is 0 Å². The third-order valence-electron chi connectivity index (χ3n) is 0.434. The molecular weight excluding hydrogens is 101 g/mol. The predicted octanol–water partition coefficient (Wildman–Crippen LogP) is -3.07. The first-order chi connectivity index (χ1) is 2.50. The summed E-state index contributed by atoms with van der Waals surface area (Å²) in [6.45, 7) is 1.51. The number of aliphatic imine (C=N–C) groups is 1. The third kappa shape index (κ3) is 1.20. The molecule has 2 nitrogen and oxygen atoms in total. The summed E-state index contributed by atoms with van der Waals surface area (Å²) in [4.78, 5) is 3.61. The third-order valence-corrected chi connectivity index (χ3v) is 0.434. The first-order valence-electron chi connectivity index (χ1n) is 1.53. The van der Waals surface area contributed by atoms with Gasteiger partial charge in [-0.25, -0.2) is 4.74 Å². The van der Waals surface area contributed by atoms with Crippen molar-refractivity contribution >= 4 is 6.40 Å². The van der Waals surface area contributed by atoms with Crippen LogP contribution in [-0.2, 0) is 4.74 Å². The Morgan fingerprint density at radius 2 is 2.50 bits per heavy atom. The van der Waals surface area contributed by atoms with E-state index in [2.05, 4.69) is 16.1 Å². The summed E-state index contributed by atoms with van der Waals surface area (Å²) < 4.78 is 4.53. The second kappa shape index (κ2) is 2.88. The molecule has 1 rings (SSSR count). The van der Waals surface area contributed by atoms with Gasteiger partial charge in [0.2, 0.25) is 0 Å². The molecule has 0 aliphatic carbocycles. The van der Waals surface area contributed by atoms with Gasteiger partial charge >= 0.3 is 6.40 Å². The maximum Gasteiger partial charge on any atom is 0.641 e. The lowest BCUT2D eigenvalue weighted by Gasteiger charge is -1.59. The van der Waals surface area contributed by atoms with Crippen molar-refractivity contribution in [3.8, 4) is 0 Å². The van der Waals surface area contributed by atoms with Crippen LogP contribution in [0.25, 0.3) is 0 Å². The summed E-state index contributed by atoms with van der Waals surface area (Å²) in [6, 6.07) is 0. The van der Waals surface area contributed by atoms with Gasteiger partial charge in [0.05, 0.1) is 0 Å². The van der Waals surface area contributed by atoms with Crippen molar-refractivity contribution in [1.29, 1.82) is 0 Å². The lowest BCUT2D eigenvalue weighted by atomic mass is 10.8. The van der Waals surface area contributed by atoms with Crippen LogP contribution >= 0.6 is 0 Å². The normalized spacial score (nSPS) is 14.7. The highest BCUT2D eigenvalue weighted by Gasteiger charge is 2.05. The molecule has 0 fully saturated rings. The minimum absolute atomic E-state index is 0. The zero-order valence-electron chi connectivity index (χ0n) is 3.15. The average molecular weight is 106 g/mol. The van der Waals surface area contributed by atoms with E-state index in [1.54, 1.807) is 0 Å². The van der Waals surface area contributed by atoms with Crippen LogP contribution in [0.4, 0.5) is 0 Å². The summed E-state index contributed by atoms with van der Waals surface area (Å²) in [5.74, 6) is 0. The molecule has 3 heteroatoms. The Morgan fingerprint density at radius 1 is 1.67 bits per heavy atom. The van der Waals surface area contributed by atoms with Crippen molar-refractivity contribution in [2.75, 3.05) is 13.2 Å². The fourth-order valence-corrected chi connectivity index (χ4v) is 0.228. The van der Waals surface area contributed by atoms with Crippen molar-refractivity contribution in [2.45, 2.75) is 0 Å². The Morgan fingerprint density at radius 3 is 2.67 bits per heavy atom. The smallest absolute Gasteiger partial charge is 0.641 e. The molecule has 0 atom stereocenters. The lowest BCUT2D eigenvalue weighted by molar-refractivity contribution is -0.00000152. The van der Waals surface area contributed by atoms with E-state index >= 15 is 0 Å². The van der Waals surface area contributed by atoms with Crippen LogP contribution in [0, 0.1) is 0 Å². The minimum atomic E-state index is 0. The number of hydrogen-bond donors (Lipinski definition) is 0. The van der Waals surface area contributed by atoms with Crippen LogP contribution in [-0.4, -0.2) is 19.6 Å². The topological polar surface area (TPSA) is 21.6 Å². The van der Waals surface area contributed by atoms with Gasteiger partial charge in [-0.05, 0) is 0 Å². The molecule has 0 aromatic heterocycles. The van der Waals surface area contributed by atoms with Crippen LogP contribution in [0.1, 0.15) is 0 Å². The molecule has 34 valence electrons. The van der Waals surface area contributed by atoms with Gasteiger partial charge in [0.25, 0.3) is 0 Å². The molecule has 0 bridgehead atoms. The number of nitrogens with zero attached hydrogens (tertiary/aromatic N) is 1. The SMILES string of the molecule is [C+]1=NCCO1.[Cl-]. The van der Waals surface area contributed by atoms with E-state index in [4.69, 9.17) is 0 Å². The number of rotatable bonds is 0. The maximum absolute atomic E-state index is 4.53. The van der Waals surface area contributed by atoms with Crippen molar-refractivity contribution in [2.24, 2.45) is 4.99 Å². The lowest BCUT2D eigenvalue weighted by Crippen LogP contribution is -3.00. The summed E-state index contributed by atoms with van der Waals surface area (Å²) in [6.07, 6.45) is 2.35. The van der Waals surface area contributed by atoms with Crippen molar-refractivity contribution in [3.05, 3.63) is 0 Å². The molecule has 0 radical (unpaired) electrons. The van der Waals surface area contributed by atoms with Crippen LogP contribution < -0.4 is 12.4 Å². The van der Waals surface area contributed by atoms with E-state index in [9.17, 15) is 0 Å². The molecule has 0 unspecified atom stereocenters. The van der Waals surface area contributed by atoms with Gasteiger partial charge < -0.3 is 12.4 Å².